The van der Waals surface area contributed by atoms with Crippen molar-refractivity contribution in [3.05, 3.63) is 0 Å². The first-order chi connectivity index (χ1) is 5.68. The van der Waals surface area contributed by atoms with E-state index >= 15 is 0 Å². The van der Waals surface area contributed by atoms with Crippen LogP contribution in [0, 0.1) is 0 Å². The quantitative estimate of drug-likeness (QED) is 0.596. The highest BCUT2D eigenvalue weighted by Gasteiger charge is 2.20. The Kier molecular flexibility index (Phi) is 6.39. The monoisotopic (exact) mass is 173 g/mol. The van der Waals surface area contributed by atoms with Gasteiger partial charge < -0.3 is 10.1 Å². The summed E-state index contributed by atoms with van der Waals surface area (Å²) in [6.07, 6.45) is 3.44. The van der Waals surface area contributed by atoms with Crippen LogP contribution < -0.4 is 5.32 Å². The van der Waals surface area contributed by atoms with E-state index in [1.165, 1.54) is 12.8 Å². The molecule has 2 nitrogen and oxygen atoms in total. The fraction of sp³-hybridized carbons (Fsp3) is 1.00. The molecule has 12 heavy (non-hydrogen) atoms. The SMILES string of the molecule is CCCCOC(C)(CC)CNC. The van der Waals surface area contributed by atoms with Crippen molar-refractivity contribution in [2.45, 2.75) is 45.6 Å². The van der Waals surface area contributed by atoms with E-state index < -0.39 is 0 Å². The molecule has 0 aromatic carbocycles. The minimum absolute atomic E-state index is 0.0317. The third-order valence-corrected chi connectivity index (χ3v) is 2.25. The Hall–Kier alpha value is -0.0800. The second-order valence-corrected chi connectivity index (χ2v) is 3.54. The number of hydrogen-bond donors (Lipinski definition) is 1. The molecule has 0 radical (unpaired) electrons. The van der Waals surface area contributed by atoms with E-state index in [-0.39, 0.29) is 5.60 Å². The zero-order valence-electron chi connectivity index (χ0n) is 8.94. The van der Waals surface area contributed by atoms with Crippen LogP contribution in [0.2, 0.25) is 0 Å². The lowest BCUT2D eigenvalue weighted by molar-refractivity contribution is -0.0331. The molecule has 0 aromatic heterocycles. The Morgan fingerprint density at radius 3 is 2.42 bits per heavy atom. The highest BCUT2D eigenvalue weighted by molar-refractivity contribution is 4.75. The van der Waals surface area contributed by atoms with Gasteiger partial charge in [0.05, 0.1) is 5.60 Å². The molecular formula is C10H23NO. The molecule has 0 heterocycles. The molecule has 0 saturated carbocycles. The van der Waals surface area contributed by atoms with E-state index in [1.54, 1.807) is 0 Å². The molecule has 0 spiro atoms. The predicted molar refractivity (Wildman–Crippen MR) is 53.5 cm³/mol. The lowest BCUT2D eigenvalue weighted by atomic mass is 10.0. The van der Waals surface area contributed by atoms with Gasteiger partial charge in [0, 0.05) is 13.2 Å². The van der Waals surface area contributed by atoms with Crippen LogP contribution in [0.1, 0.15) is 40.0 Å². The predicted octanol–water partition coefficient (Wildman–Crippen LogP) is 2.19. The maximum Gasteiger partial charge on any atom is 0.0775 e. The van der Waals surface area contributed by atoms with Gasteiger partial charge in [-0.05, 0) is 26.8 Å². The molecule has 0 aromatic rings. The summed E-state index contributed by atoms with van der Waals surface area (Å²) in [6.45, 7) is 8.35. The van der Waals surface area contributed by atoms with Crippen molar-refractivity contribution >= 4 is 0 Å². The van der Waals surface area contributed by atoms with Crippen molar-refractivity contribution in [2.75, 3.05) is 20.2 Å². The first kappa shape index (κ1) is 11.9. The van der Waals surface area contributed by atoms with Crippen molar-refractivity contribution in [1.29, 1.82) is 0 Å². The van der Waals surface area contributed by atoms with E-state index in [4.69, 9.17) is 4.74 Å². The van der Waals surface area contributed by atoms with Gasteiger partial charge in [-0.2, -0.15) is 0 Å². The molecule has 0 rings (SSSR count). The number of hydrogen-bond acceptors (Lipinski definition) is 2. The fourth-order valence-corrected chi connectivity index (χ4v) is 1.11. The van der Waals surface area contributed by atoms with Crippen molar-refractivity contribution in [1.82, 2.24) is 5.32 Å². The van der Waals surface area contributed by atoms with Gasteiger partial charge in [-0.3, -0.25) is 0 Å². The van der Waals surface area contributed by atoms with Crippen LogP contribution in [0.4, 0.5) is 0 Å². The molecule has 0 aliphatic rings. The Morgan fingerprint density at radius 2 is 2.00 bits per heavy atom. The van der Waals surface area contributed by atoms with Gasteiger partial charge >= 0.3 is 0 Å². The second-order valence-electron chi connectivity index (χ2n) is 3.54. The van der Waals surface area contributed by atoms with Crippen molar-refractivity contribution < 1.29 is 4.74 Å². The molecule has 0 bridgehead atoms. The van der Waals surface area contributed by atoms with E-state index in [9.17, 15) is 0 Å². The van der Waals surface area contributed by atoms with Gasteiger partial charge in [0.15, 0.2) is 0 Å². The van der Waals surface area contributed by atoms with Crippen LogP contribution >= 0.6 is 0 Å². The number of ether oxygens (including phenoxy) is 1. The van der Waals surface area contributed by atoms with Gasteiger partial charge in [-0.15, -0.1) is 0 Å². The first-order valence-corrected chi connectivity index (χ1v) is 4.97. The van der Waals surface area contributed by atoms with Gasteiger partial charge in [0.1, 0.15) is 0 Å². The molecule has 1 N–H and O–H groups in total. The van der Waals surface area contributed by atoms with Gasteiger partial charge in [-0.1, -0.05) is 20.3 Å². The Balaban J connectivity index is 3.63. The van der Waals surface area contributed by atoms with E-state index in [1.807, 2.05) is 7.05 Å². The van der Waals surface area contributed by atoms with Crippen LogP contribution in [-0.2, 0) is 4.74 Å². The number of unbranched alkanes of at least 4 members (excludes halogenated alkanes) is 1. The smallest absolute Gasteiger partial charge is 0.0775 e. The summed E-state index contributed by atoms with van der Waals surface area (Å²) in [5.41, 5.74) is 0.0317. The van der Waals surface area contributed by atoms with Crippen molar-refractivity contribution in [2.24, 2.45) is 0 Å². The highest BCUT2D eigenvalue weighted by atomic mass is 16.5. The van der Waals surface area contributed by atoms with Crippen molar-refractivity contribution in [3.8, 4) is 0 Å². The van der Waals surface area contributed by atoms with Crippen LogP contribution in [0.15, 0.2) is 0 Å². The first-order valence-electron chi connectivity index (χ1n) is 4.97. The normalized spacial score (nSPS) is 16.0. The summed E-state index contributed by atoms with van der Waals surface area (Å²) in [5.74, 6) is 0. The molecule has 1 atom stereocenters. The minimum Gasteiger partial charge on any atom is -0.374 e. The third kappa shape index (κ3) is 4.73. The summed E-state index contributed by atoms with van der Waals surface area (Å²) in [6, 6.07) is 0. The molecule has 74 valence electrons. The number of likely N-dealkylation sites (N-methyl/N-ethyl adjacent to an activating group) is 1. The van der Waals surface area contributed by atoms with Crippen molar-refractivity contribution in [3.63, 3.8) is 0 Å². The maximum atomic E-state index is 5.80. The molecule has 1 unspecified atom stereocenters. The summed E-state index contributed by atoms with van der Waals surface area (Å²) in [5, 5.41) is 3.16. The summed E-state index contributed by atoms with van der Waals surface area (Å²) in [4.78, 5) is 0. The van der Waals surface area contributed by atoms with E-state index in [0.717, 1.165) is 19.6 Å². The lowest BCUT2D eigenvalue weighted by Crippen LogP contribution is -2.38. The molecule has 0 aliphatic heterocycles. The Labute approximate surface area is 76.7 Å². The lowest BCUT2D eigenvalue weighted by Gasteiger charge is -2.28. The molecule has 0 saturated heterocycles. The van der Waals surface area contributed by atoms with E-state index in [0.29, 0.717) is 0 Å². The molecular weight excluding hydrogens is 150 g/mol. The topological polar surface area (TPSA) is 21.3 Å². The average molecular weight is 173 g/mol. The Bertz CT molecular complexity index is 106. The highest BCUT2D eigenvalue weighted by Crippen LogP contribution is 2.14. The van der Waals surface area contributed by atoms with Crippen LogP contribution in [0.3, 0.4) is 0 Å². The summed E-state index contributed by atoms with van der Waals surface area (Å²) in [7, 11) is 1.97. The molecule has 0 aliphatic carbocycles. The van der Waals surface area contributed by atoms with E-state index in [2.05, 4.69) is 26.1 Å². The fourth-order valence-electron chi connectivity index (χ4n) is 1.11. The van der Waals surface area contributed by atoms with Gasteiger partial charge in [-0.25, -0.2) is 0 Å². The average Bonchev–Trinajstić information content (AvgIpc) is 2.06. The molecule has 0 fully saturated rings. The summed E-state index contributed by atoms with van der Waals surface area (Å²) < 4.78 is 5.80. The molecule has 2 heteroatoms. The van der Waals surface area contributed by atoms with Crippen LogP contribution in [0.5, 0.6) is 0 Å². The number of rotatable bonds is 7. The largest absolute Gasteiger partial charge is 0.374 e. The Morgan fingerprint density at radius 1 is 1.33 bits per heavy atom. The second kappa shape index (κ2) is 6.44. The standard InChI is InChI=1S/C10H23NO/c1-5-7-8-12-10(3,6-2)9-11-4/h11H,5-9H2,1-4H3. The van der Waals surface area contributed by atoms with Crippen LogP contribution in [-0.4, -0.2) is 25.8 Å². The number of nitrogens with one attached hydrogen (secondary N) is 1. The zero-order valence-corrected chi connectivity index (χ0v) is 8.94. The zero-order chi connectivity index (χ0) is 9.45. The molecule has 0 amide bonds. The third-order valence-electron chi connectivity index (χ3n) is 2.25. The van der Waals surface area contributed by atoms with Gasteiger partial charge in [0.2, 0.25) is 0 Å². The van der Waals surface area contributed by atoms with Gasteiger partial charge in [0.25, 0.3) is 0 Å². The maximum absolute atomic E-state index is 5.80. The van der Waals surface area contributed by atoms with Crippen LogP contribution in [0.25, 0.3) is 0 Å². The summed E-state index contributed by atoms with van der Waals surface area (Å²) >= 11 is 0. The minimum atomic E-state index is 0.0317.